The van der Waals surface area contributed by atoms with Gasteiger partial charge in [0.25, 0.3) is 0 Å². The van der Waals surface area contributed by atoms with Gasteiger partial charge in [-0.1, -0.05) is 38.5 Å². The number of rotatable bonds is 2. The summed E-state index contributed by atoms with van der Waals surface area (Å²) in [6.07, 6.45) is -0.500. The molecule has 0 saturated carbocycles. The van der Waals surface area contributed by atoms with E-state index in [1.165, 1.54) is 0 Å². The fourth-order valence-electron chi connectivity index (χ4n) is 1.69. The number of hydrogen-bond donors (Lipinski definition) is 4. The Bertz CT molecular complexity index is 458. The molecule has 0 unspecified atom stereocenters. The van der Waals surface area contributed by atoms with Crippen molar-refractivity contribution in [2.24, 2.45) is 0 Å². The molecule has 5 nitrogen and oxygen atoms in total. The minimum atomic E-state index is -0.167. The first-order valence-corrected chi connectivity index (χ1v) is 9.42. The minimum Gasteiger partial charge on any atom is -0.507 e. The predicted molar refractivity (Wildman–Crippen MR) is 114 cm³/mol. The van der Waals surface area contributed by atoms with Crippen molar-refractivity contribution in [3.63, 3.8) is 0 Å². The zero-order valence-electron chi connectivity index (χ0n) is 19.8. The summed E-state index contributed by atoms with van der Waals surface area (Å²) in [5.74, 6) is 0.370. The van der Waals surface area contributed by atoms with Gasteiger partial charge >= 0.3 is 0 Å². The first-order valence-electron chi connectivity index (χ1n) is 9.42. The van der Waals surface area contributed by atoms with E-state index in [1.54, 1.807) is 48.7 Å². The number of methoxy groups -OCH3 is 1. The van der Waals surface area contributed by atoms with Crippen LogP contribution in [0.15, 0.2) is 12.1 Å². The van der Waals surface area contributed by atoms with Crippen LogP contribution in [-0.4, -0.2) is 45.8 Å². The summed E-state index contributed by atoms with van der Waals surface area (Å²) in [7, 11) is 1.64. The summed E-state index contributed by atoms with van der Waals surface area (Å²) in [5, 5.41) is 34.3. The molecule has 0 aromatic heterocycles. The number of ether oxygens (including phenoxy) is 1. The van der Waals surface area contributed by atoms with Gasteiger partial charge in [0.05, 0.1) is 6.61 Å². The van der Waals surface area contributed by atoms with Crippen molar-refractivity contribution in [3.8, 4) is 5.75 Å². The average Bonchev–Trinajstić information content (AvgIpc) is 2.39. The van der Waals surface area contributed by atoms with Crippen LogP contribution < -0.4 is 0 Å². The van der Waals surface area contributed by atoms with Crippen molar-refractivity contribution in [3.05, 3.63) is 28.8 Å². The molecule has 0 aliphatic rings. The normalized spacial score (nSPS) is 10.2. The number of phenolic OH excluding ortho intramolecular Hbond substituents is 1. The van der Waals surface area contributed by atoms with E-state index in [-0.39, 0.29) is 49.9 Å². The first-order chi connectivity index (χ1) is 12.1. The van der Waals surface area contributed by atoms with Crippen molar-refractivity contribution in [2.45, 2.75) is 99.6 Å². The Morgan fingerprint density at radius 2 is 1.18 bits per heavy atom. The summed E-state index contributed by atoms with van der Waals surface area (Å²) < 4.78 is 5.07. The zero-order chi connectivity index (χ0) is 22.4. The Balaban J connectivity index is -0.000000183. The van der Waals surface area contributed by atoms with E-state index < -0.39 is 0 Å². The van der Waals surface area contributed by atoms with Gasteiger partial charge in [0.15, 0.2) is 0 Å². The molecular formula is C22H44O5Zr. The molecule has 0 heterocycles. The molecule has 0 aliphatic heterocycles. The van der Waals surface area contributed by atoms with Gasteiger partial charge in [0.1, 0.15) is 5.75 Å². The van der Waals surface area contributed by atoms with Crippen LogP contribution in [0, 0.1) is 6.92 Å². The molecule has 0 atom stereocenters. The maximum atomic E-state index is 10.1. The Hall–Kier alpha value is -0.257. The molecule has 1 rings (SSSR count). The van der Waals surface area contributed by atoms with Crippen LogP contribution in [-0.2, 0) is 43.0 Å². The SMILES string of the molecule is CC(C)O.CC(C)O.CC(C)O.COCc1cc(C)cc(C(C)(C)C)c1O.[Zr]. The number of aliphatic hydroxyl groups is 3. The number of benzene rings is 1. The van der Waals surface area contributed by atoms with Crippen molar-refractivity contribution in [1.29, 1.82) is 0 Å². The number of aromatic hydroxyl groups is 1. The Morgan fingerprint density at radius 1 is 0.857 bits per heavy atom. The summed E-state index contributed by atoms with van der Waals surface area (Å²) in [5.41, 5.74) is 2.96. The molecule has 0 saturated heterocycles. The summed E-state index contributed by atoms with van der Waals surface area (Å²) in [4.78, 5) is 0. The second kappa shape index (κ2) is 18.8. The molecule has 0 amide bonds. The zero-order valence-corrected chi connectivity index (χ0v) is 22.2. The van der Waals surface area contributed by atoms with Gasteiger partial charge in [-0.05, 0) is 59.4 Å². The second-order valence-electron chi connectivity index (χ2n) is 8.28. The van der Waals surface area contributed by atoms with Gasteiger partial charge in [-0.15, -0.1) is 0 Å². The molecule has 0 radical (unpaired) electrons. The number of aliphatic hydroxyl groups excluding tert-OH is 3. The monoisotopic (exact) mass is 478 g/mol. The van der Waals surface area contributed by atoms with Gasteiger partial charge in [-0.25, -0.2) is 0 Å². The van der Waals surface area contributed by atoms with E-state index in [2.05, 4.69) is 20.8 Å². The molecule has 166 valence electrons. The Labute approximate surface area is 192 Å². The molecule has 1 aromatic carbocycles. The van der Waals surface area contributed by atoms with E-state index in [0.29, 0.717) is 12.4 Å². The molecule has 1 aromatic rings. The number of phenols is 1. The van der Waals surface area contributed by atoms with Crippen molar-refractivity contribution in [2.75, 3.05) is 7.11 Å². The van der Waals surface area contributed by atoms with Gasteiger partial charge < -0.3 is 25.2 Å². The molecule has 6 heteroatoms. The van der Waals surface area contributed by atoms with Crippen LogP contribution in [0.4, 0.5) is 0 Å². The topological polar surface area (TPSA) is 90.2 Å². The molecule has 4 N–H and O–H groups in total. The third kappa shape index (κ3) is 25.7. The molecule has 0 aliphatic carbocycles. The van der Waals surface area contributed by atoms with Crippen LogP contribution in [0.3, 0.4) is 0 Å². The third-order valence-electron chi connectivity index (χ3n) is 2.44. The molecule has 0 spiro atoms. The standard InChI is InChI=1S/C13H20O2.3C3H8O.Zr/c1-9-6-10(8-15-5)12(14)11(7-9)13(2,3)4;3*1-3(2)4;/h6-7,14H,8H2,1-5H3;3*3-4H,1-2H3;. The summed E-state index contributed by atoms with van der Waals surface area (Å²) in [6.45, 7) is 19.1. The van der Waals surface area contributed by atoms with Gasteiger partial charge in [-0.2, -0.15) is 0 Å². The fraction of sp³-hybridized carbons (Fsp3) is 0.727. The Kier molecular flexibility index (Phi) is 23.6. The molecule has 28 heavy (non-hydrogen) atoms. The van der Waals surface area contributed by atoms with Crippen LogP contribution >= 0.6 is 0 Å². The van der Waals surface area contributed by atoms with Crippen LogP contribution in [0.2, 0.25) is 0 Å². The first kappa shape index (κ1) is 35.2. The van der Waals surface area contributed by atoms with E-state index in [9.17, 15) is 5.11 Å². The Morgan fingerprint density at radius 3 is 1.43 bits per heavy atom. The average molecular weight is 480 g/mol. The number of aryl methyl sites for hydroxylation is 1. The van der Waals surface area contributed by atoms with E-state index >= 15 is 0 Å². The van der Waals surface area contributed by atoms with Crippen molar-refractivity contribution < 1.29 is 51.4 Å². The van der Waals surface area contributed by atoms with Crippen LogP contribution in [0.25, 0.3) is 0 Å². The molecule has 0 fully saturated rings. The third-order valence-corrected chi connectivity index (χ3v) is 2.44. The minimum absolute atomic E-state index is 0. The van der Waals surface area contributed by atoms with Crippen molar-refractivity contribution in [1.82, 2.24) is 0 Å². The van der Waals surface area contributed by atoms with Gasteiger partial charge in [0, 0.05) is 57.2 Å². The smallest absolute Gasteiger partial charge is 0.124 e. The maximum Gasteiger partial charge on any atom is 0.124 e. The van der Waals surface area contributed by atoms with Crippen LogP contribution in [0.1, 0.15) is 79.0 Å². The van der Waals surface area contributed by atoms with Gasteiger partial charge in [-0.3, -0.25) is 0 Å². The van der Waals surface area contributed by atoms with Crippen molar-refractivity contribution >= 4 is 0 Å². The predicted octanol–water partition coefficient (Wildman–Crippen LogP) is 4.30. The molecule has 0 bridgehead atoms. The maximum absolute atomic E-state index is 10.1. The quantitative estimate of drug-likeness (QED) is 0.508. The van der Waals surface area contributed by atoms with E-state index in [0.717, 1.165) is 16.7 Å². The number of hydrogen-bond acceptors (Lipinski definition) is 5. The van der Waals surface area contributed by atoms with E-state index in [4.69, 9.17) is 20.1 Å². The molecular weight excluding hydrogens is 435 g/mol. The van der Waals surface area contributed by atoms with Gasteiger partial charge in [0.2, 0.25) is 0 Å². The van der Waals surface area contributed by atoms with Crippen LogP contribution in [0.5, 0.6) is 5.75 Å². The fourth-order valence-corrected chi connectivity index (χ4v) is 1.69. The second-order valence-corrected chi connectivity index (χ2v) is 8.28. The largest absolute Gasteiger partial charge is 0.507 e. The summed E-state index contributed by atoms with van der Waals surface area (Å²) in [6, 6.07) is 4.00. The summed E-state index contributed by atoms with van der Waals surface area (Å²) >= 11 is 0. The van der Waals surface area contributed by atoms with E-state index in [1.807, 2.05) is 19.1 Å².